The summed E-state index contributed by atoms with van der Waals surface area (Å²) in [6.07, 6.45) is 5.67. The van der Waals surface area contributed by atoms with Crippen molar-refractivity contribution in [1.82, 2.24) is 0 Å². The van der Waals surface area contributed by atoms with Crippen LogP contribution >= 0.6 is 0 Å². The lowest BCUT2D eigenvalue weighted by Gasteiger charge is -2.22. The van der Waals surface area contributed by atoms with Crippen LogP contribution in [0.3, 0.4) is 0 Å². The van der Waals surface area contributed by atoms with Crippen LogP contribution in [0.4, 0.5) is 0 Å². The summed E-state index contributed by atoms with van der Waals surface area (Å²) in [5, 5.41) is 8.54. The third-order valence-electron chi connectivity index (χ3n) is 4.24. The summed E-state index contributed by atoms with van der Waals surface area (Å²) in [7, 11) is 0.729. The first-order valence-corrected chi connectivity index (χ1v) is 6.09. The Bertz CT molecular complexity index is 363. The standard InChI is InChI=1S/C13H16BO2/c15-14-16-12-5-3-10(4-6-12)13-8-9-1-2-11(13)7-9/h3-6,9,11,13,15H,1-2,7-8H2. The summed E-state index contributed by atoms with van der Waals surface area (Å²) in [6, 6.07) is 8.16. The Balaban J connectivity index is 1.75. The van der Waals surface area contributed by atoms with Gasteiger partial charge < -0.3 is 9.68 Å². The van der Waals surface area contributed by atoms with Gasteiger partial charge in [0.1, 0.15) is 0 Å². The molecule has 1 N–H and O–H groups in total. The van der Waals surface area contributed by atoms with E-state index in [1.54, 1.807) is 0 Å². The lowest BCUT2D eigenvalue weighted by atomic mass is 9.83. The number of hydrogen-bond donors (Lipinski definition) is 1. The molecule has 0 amide bonds. The molecule has 2 aliphatic carbocycles. The number of fused-ring (bicyclic) bond motifs is 2. The fourth-order valence-electron chi connectivity index (χ4n) is 3.51. The van der Waals surface area contributed by atoms with Gasteiger partial charge in [-0.25, -0.2) is 0 Å². The zero-order chi connectivity index (χ0) is 11.0. The third kappa shape index (κ3) is 1.73. The Labute approximate surface area is 96.9 Å². The van der Waals surface area contributed by atoms with Crippen LogP contribution in [0.15, 0.2) is 24.3 Å². The molecule has 3 atom stereocenters. The van der Waals surface area contributed by atoms with Crippen molar-refractivity contribution in [1.29, 1.82) is 0 Å². The van der Waals surface area contributed by atoms with Crippen molar-refractivity contribution < 1.29 is 9.68 Å². The van der Waals surface area contributed by atoms with Gasteiger partial charge in [0.2, 0.25) is 0 Å². The van der Waals surface area contributed by atoms with Crippen molar-refractivity contribution in [2.24, 2.45) is 11.8 Å². The van der Waals surface area contributed by atoms with E-state index >= 15 is 0 Å². The van der Waals surface area contributed by atoms with E-state index in [0.29, 0.717) is 5.75 Å². The van der Waals surface area contributed by atoms with Crippen LogP contribution < -0.4 is 4.65 Å². The largest absolute Gasteiger partial charge is 0.569 e. The number of benzene rings is 1. The highest BCUT2D eigenvalue weighted by Gasteiger charge is 2.39. The van der Waals surface area contributed by atoms with E-state index in [1.807, 2.05) is 12.1 Å². The maximum absolute atomic E-state index is 8.54. The summed E-state index contributed by atoms with van der Waals surface area (Å²) < 4.78 is 4.92. The monoisotopic (exact) mass is 215 g/mol. The Morgan fingerprint density at radius 1 is 1.12 bits per heavy atom. The Morgan fingerprint density at radius 3 is 2.50 bits per heavy atom. The predicted octanol–water partition coefficient (Wildman–Crippen LogP) is 2.50. The molecule has 0 saturated heterocycles. The van der Waals surface area contributed by atoms with Crippen molar-refractivity contribution >= 4 is 7.69 Å². The van der Waals surface area contributed by atoms with E-state index in [9.17, 15) is 0 Å². The van der Waals surface area contributed by atoms with Gasteiger partial charge in [-0.2, -0.15) is 0 Å². The molecule has 83 valence electrons. The SMILES string of the molecule is O[B]Oc1ccc(C2CC3CCC2C3)cc1. The minimum absolute atomic E-state index is 0.703. The van der Waals surface area contributed by atoms with Crippen LogP contribution in [-0.4, -0.2) is 12.7 Å². The van der Waals surface area contributed by atoms with Gasteiger partial charge in [-0.15, -0.1) is 0 Å². The van der Waals surface area contributed by atoms with Crippen LogP contribution in [0.2, 0.25) is 0 Å². The van der Waals surface area contributed by atoms with E-state index in [2.05, 4.69) is 12.1 Å². The van der Waals surface area contributed by atoms with E-state index in [0.717, 1.165) is 25.4 Å². The molecule has 1 aromatic rings. The third-order valence-corrected chi connectivity index (χ3v) is 4.24. The van der Waals surface area contributed by atoms with Crippen LogP contribution in [0.1, 0.15) is 37.2 Å². The maximum Gasteiger partial charge on any atom is 0.569 e. The summed E-state index contributed by atoms with van der Waals surface area (Å²) in [5.74, 6) is 3.37. The molecule has 0 spiro atoms. The van der Waals surface area contributed by atoms with E-state index in [-0.39, 0.29) is 0 Å². The number of hydrogen-bond acceptors (Lipinski definition) is 2. The molecule has 16 heavy (non-hydrogen) atoms. The molecule has 3 unspecified atom stereocenters. The van der Waals surface area contributed by atoms with Gasteiger partial charge in [-0.3, -0.25) is 0 Å². The molecular formula is C13H16BO2. The molecule has 2 bridgehead atoms. The van der Waals surface area contributed by atoms with Crippen molar-refractivity contribution in [2.75, 3.05) is 0 Å². The average Bonchev–Trinajstić information content (AvgIpc) is 2.92. The topological polar surface area (TPSA) is 29.5 Å². The van der Waals surface area contributed by atoms with Crippen LogP contribution in [0, 0.1) is 11.8 Å². The Morgan fingerprint density at radius 2 is 1.94 bits per heavy atom. The van der Waals surface area contributed by atoms with Gasteiger partial charge in [0.15, 0.2) is 0 Å². The molecule has 1 aromatic carbocycles. The highest BCUT2D eigenvalue weighted by Crippen LogP contribution is 2.52. The zero-order valence-corrected chi connectivity index (χ0v) is 9.30. The van der Waals surface area contributed by atoms with Crippen molar-refractivity contribution in [2.45, 2.75) is 31.6 Å². The highest BCUT2D eigenvalue weighted by atomic mass is 16.5. The molecule has 1 radical (unpaired) electrons. The maximum atomic E-state index is 8.54. The van der Waals surface area contributed by atoms with Crippen molar-refractivity contribution in [3.05, 3.63) is 29.8 Å². The quantitative estimate of drug-likeness (QED) is 0.785. The fourth-order valence-corrected chi connectivity index (χ4v) is 3.51. The first kappa shape index (κ1) is 10.2. The highest BCUT2D eigenvalue weighted by molar-refractivity contribution is 6.17. The summed E-state index contributed by atoms with van der Waals surface area (Å²) in [6.45, 7) is 0. The van der Waals surface area contributed by atoms with Gasteiger partial charge >= 0.3 is 7.69 Å². The van der Waals surface area contributed by atoms with Gasteiger partial charge in [-0.05, 0) is 54.7 Å². The van der Waals surface area contributed by atoms with E-state index < -0.39 is 0 Å². The van der Waals surface area contributed by atoms with Gasteiger partial charge in [-0.1, -0.05) is 18.6 Å². The molecule has 0 aromatic heterocycles. The van der Waals surface area contributed by atoms with Gasteiger partial charge in [0.25, 0.3) is 0 Å². The molecule has 3 heteroatoms. The molecule has 2 nitrogen and oxygen atoms in total. The fraction of sp³-hybridized carbons (Fsp3) is 0.538. The second-order valence-electron chi connectivity index (χ2n) is 5.07. The minimum Gasteiger partial charge on any atom is -0.537 e. The van der Waals surface area contributed by atoms with Crippen molar-refractivity contribution in [3.63, 3.8) is 0 Å². The first-order chi connectivity index (χ1) is 7.86. The molecule has 3 rings (SSSR count). The molecule has 0 aliphatic heterocycles. The molecule has 0 heterocycles. The van der Waals surface area contributed by atoms with Crippen molar-refractivity contribution in [3.8, 4) is 5.75 Å². The predicted molar refractivity (Wildman–Crippen MR) is 63.2 cm³/mol. The lowest BCUT2D eigenvalue weighted by Crippen LogP contribution is -2.08. The van der Waals surface area contributed by atoms with E-state index in [1.165, 1.54) is 31.2 Å². The average molecular weight is 215 g/mol. The Kier molecular flexibility index (Phi) is 2.64. The molecular weight excluding hydrogens is 199 g/mol. The summed E-state index contributed by atoms with van der Waals surface area (Å²) in [5.41, 5.74) is 1.44. The van der Waals surface area contributed by atoms with Crippen LogP contribution in [-0.2, 0) is 0 Å². The van der Waals surface area contributed by atoms with E-state index in [4.69, 9.17) is 9.68 Å². The second-order valence-corrected chi connectivity index (χ2v) is 5.07. The van der Waals surface area contributed by atoms with Crippen LogP contribution in [0.25, 0.3) is 0 Å². The first-order valence-electron chi connectivity index (χ1n) is 6.09. The normalized spacial score (nSPS) is 31.7. The smallest absolute Gasteiger partial charge is 0.537 e. The second kappa shape index (κ2) is 4.13. The zero-order valence-electron chi connectivity index (χ0n) is 9.30. The summed E-state index contributed by atoms with van der Waals surface area (Å²) >= 11 is 0. The Hall–Kier alpha value is -0.955. The van der Waals surface area contributed by atoms with Gasteiger partial charge in [0, 0.05) is 0 Å². The lowest BCUT2D eigenvalue weighted by molar-refractivity contribution is 0.419. The number of rotatable bonds is 3. The van der Waals surface area contributed by atoms with Gasteiger partial charge in [0.05, 0.1) is 5.75 Å². The minimum atomic E-state index is 0.703. The molecule has 2 saturated carbocycles. The molecule has 2 aliphatic rings. The van der Waals surface area contributed by atoms with Crippen LogP contribution in [0.5, 0.6) is 5.75 Å². The summed E-state index contributed by atoms with van der Waals surface area (Å²) in [4.78, 5) is 0. The molecule has 2 fully saturated rings.